The van der Waals surface area contributed by atoms with Gasteiger partial charge < -0.3 is 14.7 Å². The van der Waals surface area contributed by atoms with Crippen molar-refractivity contribution in [3.05, 3.63) is 101 Å². The fraction of sp³-hybridized carbons (Fsp3) is 0.394. The van der Waals surface area contributed by atoms with Gasteiger partial charge in [0.15, 0.2) is 9.84 Å². The molecule has 2 fully saturated rings. The third kappa shape index (κ3) is 6.33. The van der Waals surface area contributed by atoms with E-state index in [4.69, 9.17) is 0 Å². The standard InChI is InChI=1S/C33H28F9NO6S/c34-23-10-12-24(13-11-23)50(47,48)30(14-15-43(18-30)28(44)19-4-5-20(16-19)29(45)46)21-6-8-22(9-7-21)31(32(37,38)39,33(40,41)42)49-17-25-26(35)2-1-3-27(25)36/h1-3,6-13,19-20H,4-5,14-18H2,(H,45,46). The van der Waals surface area contributed by atoms with Crippen LogP contribution in [0.5, 0.6) is 0 Å². The van der Waals surface area contributed by atoms with Crippen molar-refractivity contribution in [1.29, 1.82) is 0 Å². The van der Waals surface area contributed by atoms with E-state index < -0.39 is 103 Å². The minimum Gasteiger partial charge on any atom is -0.481 e. The van der Waals surface area contributed by atoms with E-state index in [-0.39, 0.29) is 37.8 Å². The van der Waals surface area contributed by atoms with Crippen molar-refractivity contribution in [2.75, 3.05) is 13.1 Å². The number of carbonyl (C=O) groups is 2. The summed E-state index contributed by atoms with van der Waals surface area (Å²) in [5.74, 6) is -6.95. The van der Waals surface area contributed by atoms with Gasteiger partial charge in [0, 0.05) is 30.1 Å². The molecule has 3 atom stereocenters. The molecule has 50 heavy (non-hydrogen) atoms. The van der Waals surface area contributed by atoms with Crippen LogP contribution in [0.1, 0.15) is 42.4 Å². The van der Waals surface area contributed by atoms with Gasteiger partial charge in [-0.2, -0.15) is 26.3 Å². The second-order valence-electron chi connectivity index (χ2n) is 12.2. The lowest BCUT2D eigenvalue weighted by Gasteiger charge is -2.38. The van der Waals surface area contributed by atoms with Gasteiger partial charge in [-0.3, -0.25) is 9.59 Å². The highest BCUT2D eigenvalue weighted by molar-refractivity contribution is 7.92. The highest BCUT2D eigenvalue weighted by Gasteiger charge is 2.73. The van der Waals surface area contributed by atoms with E-state index >= 15 is 0 Å². The number of sulfone groups is 1. The first-order valence-electron chi connectivity index (χ1n) is 15.1. The molecular weight excluding hydrogens is 709 g/mol. The Kier molecular flexibility index (Phi) is 9.81. The molecule has 17 heteroatoms. The Morgan fingerprint density at radius 3 is 1.92 bits per heavy atom. The second-order valence-corrected chi connectivity index (χ2v) is 14.5. The van der Waals surface area contributed by atoms with Crippen LogP contribution in [0, 0.1) is 29.3 Å². The summed E-state index contributed by atoms with van der Waals surface area (Å²) in [4.78, 5) is 25.6. The normalized spacial score (nSPS) is 21.8. The summed E-state index contributed by atoms with van der Waals surface area (Å²) in [5.41, 5.74) is -8.21. The molecule has 1 N–H and O–H groups in total. The average Bonchev–Trinajstić information content (AvgIpc) is 3.71. The van der Waals surface area contributed by atoms with Crippen molar-refractivity contribution in [2.45, 2.75) is 59.9 Å². The number of carboxylic acids is 1. The molecule has 1 heterocycles. The first-order chi connectivity index (χ1) is 23.2. The van der Waals surface area contributed by atoms with Crippen molar-refractivity contribution in [2.24, 2.45) is 11.8 Å². The third-order valence-corrected chi connectivity index (χ3v) is 11.9. The van der Waals surface area contributed by atoms with Crippen molar-refractivity contribution in [1.82, 2.24) is 4.90 Å². The monoisotopic (exact) mass is 737 g/mol. The predicted molar refractivity (Wildman–Crippen MR) is 156 cm³/mol. The largest absolute Gasteiger partial charge is 0.481 e. The molecule has 0 aromatic heterocycles. The van der Waals surface area contributed by atoms with Crippen LogP contribution in [0.4, 0.5) is 39.5 Å². The molecule has 1 saturated heterocycles. The Morgan fingerprint density at radius 2 is 1.40 bits per heavy atom. The van der Waals surface area contributed by atoms with Crippen LogP contribution in [0.3, 0.4) is 0 Å². The number of alkyl halides is 6. The Labute approximate surface area is 279 Å². The Morgan fingerprint density at radius 1 is 0.840 bits per heavy atom. The van der Waals surface area contributed by atoms with Crippen molar-refractivity contribution >= 4 is 21.7 Å². The van der Waals surface area contributed by atoms with Crippen LogP contribution in [0.25, 0.3) is 0 Å². The SMILES string of the molecule is O=C(O)C1CCC(C(=O)N2CCC(c3ccc(C(OCc4c(F)cccc4F)(C(F)(F)F)C(F)(F)F)cc3)(S(=O)(=O)c3ccc(F)cc3)C2)C1. The van der Waals surface area contributed by atoms with Crippen LogP contribution in [-0.2, 0) is 41.1 Å². The quantitative estimate of drug-likeness (QED) is 0.187. The van der Waals surface area contributed by atoms with E-state index in [1.165, 1.54) is 0 Å². The Balaban J connectivity index is 1.58. The molecule has 7 nitrogen and oxygen atoms in total. The van der Waals surface area contributed by atoms with Gasteiger partial charge in [0.25, 0.3) is 5.60 Å². The highest BCUT2D eigenvalue weighted by Crippen LogP contribution is 2.54. The molecule has 0 bridgehead atoms. The Hall–Kier alpha value is -4.12. The van der Waals surface area contributed by atoms with Gasteiger partial charge in [-0.25, -0.2) is 21.6 Å². The lowest BCUT2D eigenvalue weighted by molar-refractivity contribution is -0.392. The number of aliphatic carboxylic acids is 1. The number of amides is 1. The van der Waals surface area contributed by atoms with Crippen LogP contribution in [0.2, 0.25) is 0 Å². The van der Waals surface area contributed by atoms with E-state index in [1.54, 1.807) is 0 Å². The number of carbonyl (C=O) groups excluding carboxylic acids is 1. The lowest BCUT2D eigenvalue weighted by Crippen LogP contribution is -2.56. The molecule has 3 aromatic rings. The topological polar surface area (TPSA) is 101 Å². The summed E-state index contributed by atoms with van der Waals surface area (Å²) in [6.07, 6.45) is -12.5. The predicted octanol–water partition coefficient (Wildman–Crippen LogP) is 7.04. The van der Waals surface area contributed by atoms with Gasteiger partial charge in [0.2, 0.25) is 5.91 Å². The molecule has 1 saturated carbocycles. The van der Waals surface area contributed by atoms with Crippen molar-refractivity contribution in [3.8, 4) is 0 Å². The summed E-state index contributed by atoms with van der Waals surface area (Å²) < 4.78 is 160. The molecule has 5 rings (SSSR count). The van der Waals surface area contributed by atoms with E-state index in [0.29, 0.717) is 36.4 Å². The fourth-order valence-corrected chi connectivity index (χ4v) is 8.78. The first-order valence-corrected chi connectivity index (χ1v) is 16.6. The number of carboxylic acid groups (broad SMARTS) is 1. The molecule has 1 aliphatic carbocycles. The number of likely N-dealkylation sites (tertiary alicyclic amines) is 1. The maximum absolute atomic E-state index is 14.5. The lowest BCUT2D eigenvalue weighted by atomic mass is 9.88. The first kappa shape index (κ1) is 37.1. The second kappa shape index (κ2) is 13.2. The fourth-order valence-electron chi connectivity index (χ4n) is 6.70. The van der Waals surface area contributed by atoms with E-state index in [0.717, 1.165) is 35.2 Å². The number of rotatable bonds is 9. The van der Waals surface area contributed by atoms with Crippen LogP contribution in [-0.4, -0.2) is 55.7 Å². The average molecular weight is 738 g/mol. The van der Waals surface area contributed by atoms with Gasteiger partial charge >= 0.3 is 18.3 Å². The van der Waals surface area contributed by atoms with Gasteiger partial charge in [-0.1, -0.05) is 30.3 Å². The zero-order chi connectivity index (χ0) is 36.9. The van der Waals surface area contributed by atoms with Crippen molar-refractivity contribution in [3.63, 3.8) is 0 Å². The summed E-state index contributed by atoms with van der Waals surface area (Å²) in [6.45, 7) is -2.61. The minimum atomic E-state index is -6.25. The van der Waals surface area contributed by atoms with Crippen LogP contribution < -0.4 is 0 Å². The maximum atomic E-state index is 14.5. The molecule has 270 valence electrons. The molecule has 2 aliphatic rings. The molecule has 0 radical (unpaired) electrons. The van der Waals surface area contributed by atoms with Crippen LogP contribution in [0.15, 0.2) is 71.6 Å². The van der Waals surface area contributed by atoms with Gasteiger partial charge in [0.1, 0.15) is 22.2 Å². The molecule has 1 aliphatic heterocycles. The van der Waals surface area contributed by atoms with E-state index in [2.05, 4.69) is 4.74 Å². The molecule has 3 unspecified atom stereocenters. The van der Waals surface area contributed by atoms with E-state index in [9.17, 15) is 62.6 Å². The third-order valence-electron chi connectivity index (χ3n) is 9.42. The summed E-state index contributed by atoms with van der Waals surface area (Å²) in [5, 5.41) is 9.34. The highest BCUT2D eigenvalue weighted by atomic mass is 32.2. The number of ether oxygens (including phenoxy) is 1. The van der Waals surface area contributed by atoms with Crippen molar-refractivity contribution < 1.29 is 67.4 Å². The summed E-state index contributed by atoms with van der Waals surface area (Å²) in [6, 6.07) is 7.71. The van der Waals surface area contributed by atoms with Gasteiger partial charge in [-0.15, -0.1) is 0 Å². The number of hydrogen-bond donors (Lipinski definition) is 1. The minimum absolute atomic E-state index is 0.00910. The van der Waals surface area contributed by atoms with Gasteiger partial charge in [-0.05, 0) is 67.6 Å². The molecule has 3 aromatic carbocycles. The number of benzene rings is 3. The van der Waals surface area contributed by atoms with E-state index in [1.807, 2.05) is 0 Å². The molecular formula is C33H28F9NO6S. The van der Waals surface area contributed by atoms with Gasteiger partial charge in [0.05, 0.1) is 17.4 Å². The molecule has 1 amide bonds. The number of nitrogens with zero attached hydrogens (tertiary/aromatic N) is 1. The zero-order valence-electron chi connectivity index (χ0n) is 25.7. The zero-order valence-corrected chi connectivity index (χ0v) is 26.5. The number of hydrogen-bond acceptors (Lipinski definition) is 5. The summed E-state index contributed by atoms with van der Waals surface area (Å²) in [7, 11) is -4.66. The molecule has 0 spiro atoms. The summed E-state index contributed by atoms with van der Waals surface area (Å²) >= 11 is 0. The Bertz CT molecular complexity index is 1830. The number of halogens is 9. The van der Waals surface area contributed by atoms with Crippen LogP contribution >= 0.6 is 0 Å². The maximum Gasteiger partial charge on any atom is 0.430 e. The smallest absolute Gasteiger partial charge is 0.430 e.